The van der Waals surface area contributed by atoms with Crippen molar-refractivity contribution in [3.05, 3.63) is 54.6 Å². The van der Waals surface area contributed by atoms with E-state index in [1.807, 2.05) is 36.4 Å². The summed E-state index contributed by atoms with van der Waals surface area (Å²) in [6.45, 7) is 0. The van der Waals surface area contributed by atoms with E-state index in [1.165, 1.54) is 25.4 Å². The maximum absolute atomic E-state index is 11.8. The van der Waals surface area contributed by atoms with E-state index in [0.717, 1.165) is 11.3 Å². The van der Waals surface area contributed by atoms with E-state index < -0.39 is 5.97 Å². The number of anilines is 1. The van der Waals surface area contributed by atoms with E-state index in [1.54, 1.807) is 13.2 Å². The Bertz CT molecular complexity index is 671. The molecule has 1 aromatic carbocycles. The summed E-state index contributed by atoms with van der Waals surface area (Å²) in [5.41, 5.74) is 1.93. The minimum Gasteiger partial charge on any atom is -0.502 e. The molecule has 1 aromatic heterocycles. The highest BCUT2D eigenvalue weighted by atomic mass is 16.5. The molecule has 0 spiro atoms. The van der Waals surface area contributed by atoms with Crippen molar-refractivity contribution in [3.8, 4) is 11.3 Å². The third-order valence-electron chi connectivity index (χ3n) is 3.00. The average molecular weight is 299 g/mol. The molecule has 0 saturated carbocycles. The van der Waals surface area contributed by atoms with Crippen molar-refractivity contribution in [3.63, 3.8) is 0 Å². The van der Waals surface area contributed by atoms with Gasteiger partial charge in [0.2, 0.25) is 5.95 Å². The van der Waals surface area contributed by atoms with Crippen LogP contribution < -0.4 is 4.90 Å². The number of ether oxygens (including phenoxy) is 2. The Labute approximate surface area is 129 Å². The van der Waals surface area contributed by atoms with Gasteiger partial charge in [0.25, 0.3) is 0 Å². The monoisotopic (exact) mass is 299 g/mol. The smallest absolute Gasteiger partial charge is 0.357 e. The van der Waals surface area contributed by atoms with E-state index in [-0.39, 0.29) is 5.70 Å². The van der Waals surface area contributed by atoms with Crippen LogP contribution in [0.5, 0.6) is 0 Å². The molecule has 1 heterocycles. The Morgan fingerprint density at radius 1 is 1.18 bits per heavy atom. The standard InChI is InChI=1S/C16H17N3O3/c1-19(14(11-21-2)15(20)22-3)16-17-10-9-13(18-16)12-7-5-4-6-8-12/h4-11H,1-3H3/b14-11-. The Kier molecular flexibility index (Phi) is 5.08. The number of rotatable bonds is 5. The van der Waals surface area contributed by atoms with Gasteiger partial charge in [0.05, 0.1) is 19.9 Å². The normalized spacial score (nSPS) is 11.0. The van der Waals surface area contributed by atoms with Gasteiger partial charge in [0, 0.05) is 18.8 Å². The maximum Gasteiger partial charge on any atom is 0.357 e. The molecule has 0 unspecified atom stereocenters. The zero-order valence-corrected chi connectivity index (χ0v) is 12.7. The fourth-order valence-corrected chi connectivity index (χ4v) is 1.87. The van der Waals surface area contributed by atoms with Gasteiger partial charge in [-0.3, -0.25) is 0 Å². The fraction of sp³-hybridized carbons (Fsp3) is 0.188. The third-order valence-corrected chi connectivity index (χ3v) is 3.00. The van der Waals surface area contributed by atoms with Crippen LogP contribution >= 0.6 is 0 Å². The highest BCUT2D eigenvalue weighted by molar-refractivity contribution is 5.91. The van der Waals surface area contributed by atoms with Crippen molar-refractivity contribution in [2.24, 2.45) is 0 Å². The summed E-state index contributed by atoms with van der Waals surface area (Å²) in [7, 11) is 4.44. The lowest BCUT2D eigenvalue weighted by Crippen LogP contribution is -2.26. The largest absolute Gasteiger partial charge is 0.502 e. The molecule has 0 atom stereocenters. The molecule has 0 amide bonds. The number of aromatic nitrogens is 2. The van der Waals surface area contributed by atoms with Crippen molar-refractivity contribution in [1.29, 1.82) is 0 Å². The molecule has 0 saturated heterocycles. The summed E-state index contributed by atoms with van der Waals surface area (Å²) in [5, 5.41) is 0. The van der Waals surface area contributed by atoms with Crippen LogP contribution in [0.3, 0.4) is 0 Å². The Morgan fingerprint density at radius 2 is 1.91 bits per heavy atom. The Balaban J connectivity index is 2.36. The van der Waals surface area contributed by atoms with Crippen LogP contribution in [0.25, 0.3) is 11.3 Å². The number of likely N-dealkylation sites (N-methyl/N-ethyl adjacent to an activating group) is 1. The third kappa shape index (κ3) is 3.41. The molecule has 0 aliphatic rings. The fourth-order valence-electron chi connectivity index (χ4n) is 1.87. The second-order valence-corrected chi connectivity index (χ2v) is 4.40. The zero-order chi connectivity index (χ0) is 15.9. The predicted octanol–water partition coefficient (Wildman–Crippen LogP) is 2.24. The van der Waals surface area contributed by atoms with Gasteiger partial charge in [0.15, 0.2) is 5.70 Å². The minimum absolute atomic E-state index is 0.204. The molecule has 0 radical (unpaired) electrons. The molecule has 22 heavy (non-hydrogen) atoms. The van der Waals surface area contributed by atoms with Crippen LogP contribution in [-0.4, -0.2) is 37.2 Å². The van der Waals surface area contributed by atoms with Gasteiger partial charge in [-0.1, -0.05) is 30.3 Å². The van der Waals surface area contributed by atoms with Gasteiger partial charge in [-0.15, -0.1) is 0 Å². The lowest BCUT2D eigenvalue weighted by molar-refractivity contribution is -0.136. The molecule has 6 heteroatoms. The highest BCUT2D eigenvalue weighted by Crippen LogP contribution is 2.20. The van der Waals surface area contributed by atoms with Gasteiger partial charge in [0.1, 0.15) is 6.26 Å². The Morgan fingerprint density at radius 3 is 2.55 bits per heavy atom. The first-order chi connectivity index (χ1) is 10.7. The van der Waals surface area contributed by atoms with E-state index in [9.17, 15) is 4.79 Å². The minimum atomic E-state index is -0.530. The van der Waals surface area contributed by atoms with E-state index >= 15 is 0 Å². The van der Waals surface area contributed by atoms with Crippen molar-refractivity contribution in [2.75, 3.05) is 26.2 Å². The van der Waals surface area contributed by atoms with Crippen molar-refractivity contribution < 1.29 is 14.3 Å². The van der Waals surface area contributed by atoms with Crippen LogP contribution in [0.2, 0.25) is 0 Å². The van der Waals surface area contributed by atoms with Crippen LogP contribution in [0.1, 0.15) is 0 Å². The van der Waals surface area contributed by atoms with Crippen molar-refractivity contribution >= 4 is 11.9 Å². The average Bonchev–Trinajstić information content (AvgIpc) is 2.59. The summed E-state index contributed by atoms with van der Waals surface area (Å²) >= 11 is 0. The second-order valence-electron chi connectivity index (χ2n) is 4.40. The van der Waals surface area contributed by atoms with Crippen molar-refractivity contribution in [1.82, 2.24) is 9.97 Å². The van der Waals surface area contributed by atoms with Gasteiger partial charge in [-0.25, -0.2) is 14.8 Å². The molecular formula is C16H17N3O3. The summed E-state index contributed by atoms with van der Waals surface area (Å²) in [6.07, 6.45) is 2.94. The molecule has 0 N–H and O–H groups in total. The summed E-state index contributed by atoms with van der Waals surface area (Å²) in [5.74, 6) is -0.159. The molecule has 2 rings (SSSR count). The summed E-state index contributed by atoms with van der Waals surface area (Å²) in [6, 6.07) is 11.5. The maximum atomic E-state index is 11.8. The van der Waals surface area contributed by atoms with Crippen molar-refractivity contribution in [2.45, 2.75) is 0 Å². The van der Waals surface area contributed by atoms with Crippen LogP contribution in [-0.2, 0) is 14.3 Å². The van der Waals surface area contributed by atoms with Crippen LogP contribution in [0, 0.1) is 0 Å². The molecule has 0 aliphatic carbocycles. The number of esters is 1. The number of carbonyl (C=O) groups excluding carboxylic acids is 1. The number of methoxy groups -OCH3 is 2. The first-order valence-electron chi connectivity index (χ1n) is 6.61. The molecule has 2 aromatic rings. The lowest BCUT2D eigenvalue weighted by atomic mass is 10.1. The number of hydrogen-bond donors (Lipinski definition) is 0. The summed E-state index contributed by atoms with van der Waals surface area (Å²) < 4.78 is 9.66. The van der Waals surface area contributed by atoms with E-state index in [4.69, 9.17) is 9.47 Å². The zero-order valence-electron chi connectivity index (χ0n) is 12.7. The molecule has 0 fully saturated rings. The predicted molar refractivity (Wildman–Crippen MR) is 83.0 cm³/mol. The quantitative estimate of drug-likeness (QED) is 0.479. The molecular weight excluding hydrogens is 282 g/mol. The first-order valence-corrected chi connectivity index (χ1v) is 6.61. The first kappa shape index (κ1) is 15.5. The van der Waals surface area contributed by atoms with Crippen LogP contribution in [0.4, 0.5) is 5.95 Å². The molecule has 6 nitrogen and oxygen atoms in total. The summed E-state index contributed by atoms with van der Waals surface area (Å²) in [4.78, 5) is 22.0. The SMILES string of the molecule is CO/C=C(/C(=O)OC)N(C)c1nccc(-c2ccccc2)n1. The Hall–Kier alpha value is -2.89. The lowest BCUT2D eigenvalue weighted by Gasteiger charge is -2.18. The van der Waals surface area contributed by atoms with Gasteiger partial charge in [-0.05, 0) is 6.07 Å². The van der Waals surface area contributed by atoms with Crippen LogP contribution in [0.15, 0.2) is 54.6 Å². The number of hydrogen-bond acceptors (Lipinski definition) is 6. The highest BCUT2D eigenvalue weighted by Gasteiger charge is 2.19. The van der Waals surface area contributed by atoms with Gasteiger partial charge in [-0.2, -0.15) is 0 Å². The second kappa shape index (κ2) is 7.21. The molecule has 0 aliphatic heterocycles. The van der Waals surface area contributed by atoms with Gasteiger partial charge >= 0.3 is 5.97 Å². The number of nitrogens with zero attached hydrogens (tertiary/aromatic N) is 3. The van der Waals surface area contributed by atoms with E-state index in [2.05, 4.69) is 9.97 Å². The number of carbonyl (C=O) groups is 1. The molecule has 0 bridgehead atoms. The van der Waals surface area contributed by atoms with Gasteiger partial charge < -0.3 is 14.4 Å². The molecule has 114 valence electrons. The number of benzene rings is 1. The van der Waals surface area contributed by atoms with E-state index in [0.29, 0.717) is 5.95 Å². The topological polar surface area (TPSA) is 64.6 Å².